The molecule has 0 saturated heterocycles. The molecule has 0 aliphatic rings. The Morgan fingerprint density at radius 1 is 1.08 bits per heavy atom. The number of para-hydroxylation sites is 2. The molecule has 0 atom stereocenters. The fourth-order valence-electron chi connectivity index (χ4n) is 2.95. The highest BCUT2D eigenvalue weighted by atomic mass is 16.1. The van der Waals surface area contributed by atoms with Crippen molar-refractivity contribution in [1.82, 2.24) is 14.9 Å². The molecule has 1 aromatic heterocycles. The number of allylic oxidation sites excluding steroid dienone is 1. The minimum atomic E-state index is 0.0789. The molecule has 1 heterocycles. The van der Waals surface area contributed by atoms with Crippen molar-refractivity contribution in [3.05, 3.63) is 78.6 Å². The Bertz CT molecular complexity index is 852. The number of hydrogen-bond acceptors (Lipinski definition) is 2. The first-order valence-electron chi connectivity index (χ1n) is 8.63. The number of benzene rings is 2. The molecule has 2 aromatic carbocycles. The Hall–Kier alpha value is -2.88. The van der Waals surface area contributed by atoms with Crippen LogP contribution >= 0.6 is 0 Å². The predicted octanol–water partition coefficient (Wildman–Crippen LogP) is 3.51. The molecule has 0 fully saturated rings. The van der Waals surface area contributed by atoms with Crippen LogP contribution in [0.3, 0.4) is 0 Å². The summed E-state index contributed by atoms with van der Waals surface area (Å²) in [5.41, 5.74) is 3.27. The van der Waals surface area contributed by atoms with Gasteiger partial charge in [0.1, 0.15) is 5.82 Å². The van der Waals surface area contributed by atoms with E-state index in [-0.39, 0.29) is 5.91 Å². The number of hydrogen-bond donors (Lipinski definition) is 1. The van der Waals surface area contributed by atoms with Crippen LogP contribution in [0.5, 0.6) is 0 Å². The molecule has 0 spiro atoms. The number of nitrogens with zero attached hydrogens (tertiary/aromatic N) is 2. The lowest BCUT2D eigenvalue weighted by Gasteiger charge is -2.08. The molecule has 0 unspecified atom stereocenters. The van der Waals surface area contributed by atoms with Gasteiger partial charge in [-0.25, -0.2) is 4.98 Å². The number of imidazole rings is 1. The number of aryl methyl sites for hydroxylation is 1. The molecular weight excluding hydrogens is 310 g/mol. The maximum Gasteiger partial charge on any atom is 0.220 e. The molecule has 0 aliphatic carbocycles. The van der Waals surface area contributed by atoms with E-state index >= 15 is 0 Å². The molecule has 0 radical (unpaired) electrons. The summed E-state index contributed by atoms with van der Waals surface area (Å²) in [6.07, 6.45) is 3.85. The maximum atomic E-state index is 12.0. The highest BCUT2D eigenvalue weighted by Gasteiger charge is 2.09. The van der Waals surface area contributed by atoms with Gasteiger partial charge in [0, 0.05) is 25.9 Å². The molecule has 4 heteroatoms. The van der Waals surface area contributed by atoms with E-state index in [9.17, 15) is 4.79 Å². The molecule has 25 heavy (non-hydrogen) atoms. The minimum absolute atomic E-state index is 0.0789. The largest absolute Gasteiger partial charge is 0.356 e. The van der Waals surface area contributed by atoms with E-state index in [0.29, 0.717) is 19.4 Å². The van der Waals surface area contributed by atoms with Gasteiger partial charge in [-0.05, 0) is 24.1 Å². The fourth-order valence-corrected chi connectivity index (χ4v) is 2.95. The lowest BCUT2D eigenvalue weighted by molar-refractivity contribution is -0.121. The van der Waals surface area contributed by atoms with Gasteiger partial charge in [-0.3, -0.25) is 4.79 Å². The summed E-state index contributed by atoms with van der Waals surface area (Å²) in [4.78, 5) is 16.7. The Morgan fingerprint density at radius 2 is 1.84 bits per heavy atom. The number of carbonyl (C=O) groups excluding carboxylic acids is 1. The van der Waals surface area contributed by atoms with Crippen molar-refractivity contribution < 1.29 is 4.79 Å². The summed E-state index contributed by atoms with van der Waals surface area (Å²) in [5.74, 6) is 1.06. The van der Waals surface area contributed by atoms with Gasteiger partial charge in [-0.2, -0.15) is 0 Å². The maximum absolute atomic E-state index is 12.0. The molecule has 1 amide bonds. The van der Waals surface area contributed by atoms with Gasteiger partial charge in [-0.1, -0.05) is 48.5 Å². The van der Waals surface area contributed by atoms with Crippen LogP contribution in [0.25, 0.3) is 11.0 Å². The first-order chi connectivity index (χ1) is 12.3. The van der Waals surface area contributed by atoms with Crippen LogP contribution in [0.1, 0.15) is 17.8 Å². The topological polar surface area (TPSA) is 46.9 Å². The zero-order valence-corrected chi connectivity index (χ0v) is 14.3. The van der Waals surface area contributed by atoms with Gasteiger partial charge in [0.05, 0.1) is 11.0 Å². The molecule has 4 nitrogen and oxygen atoms in total. The van der Waals surface area contributed by atoms with Crippen molar-refractivity contribution in [3.8, 4) is 0 Å². The molecule has 0 saturated carbocycles. The summed E-state index contributed by atoms with van der Waals surface area (Å²) in [5, 5.41) is 3.00. The van der Waals surface area contributed by atoms with Gasteiger partial charge in [0.2, 0.25) is 5.91 Å². The molecule has 3 rings (SSSR count). The van der Waals surface area contributed by atoms with Gasteiger partial charge in [0.25, 0.3) is 0 Å². The summed E-state index contributed by atoms with van der Waals surface area (Å²) in [7, 11) is 0. The van der Waals surface area contributed by atoms with Crippen LogP contribution in [-0.4, -0.2) is 22.0 Å². The lowest BCUT2D eigenvalue weighted by atomic mass is 10.1. The lowest BCUT2D eigenvalue weighted by Crippen LogP contribution is -2.26. The van der Waals surface area contributed by atoms with E-state index in [2.05, 4.69) is 27.5 Å². The highest BCUT2D eigenvalue weighted by Crippen LogP contribution is 2.16. The quantitative estimate of drug-likeness (QED) is 0.641. The average molecular weight is 333 g/mol. The van der Waals surface area contributed by atoms with Crippen LogP contribution in [0.4, 0.5) is 0 Å². The summed E-state index contributed by atoms with van der Waals surface area (Å²) in [6.45, 7) is 5.14. The second-order valence-electron chi connectivity index (χ2n) is 6.00. The second kappa shape index (κ2) is 8.29. The van der Waals surface area contributed by atoms with Crippen LogP contribution in [0.2, 0.25) is 0 Å². The number of rotatable bonds is 8. The third kappa shape index (κ3) is 4.35. The number of amides is 1. The smallest absolute Gasteiger partial charge is 0.220 e. The van der Waals surface area contributed by atoms with Crippen molar-refractivity contribution in [2.24, 2.45) is 0 Å². The van der Waals surface area contributed by atoms with Crippen LogP contribution in [0, 0.1) is 0 Å². The van der Waals surface area contributed by atoms with Crippen LogP contribution < -0.4 is 5.32 Å². The van der Waals surface area contributed by atoms with Gasteiger partial charge >= 0.3 is 0 Å². The van der Waals surface area contributed by atoms with Crippen molar-refractivity contribution in [2.45, 2.75) is 25.8 Å². The van der Waals surface area contributed by atoms with E-state index in [0.717, 1.165) is 29.8 Å². The molecule has 1 N–H and O–H groups in total. The van der Waals surface area contributed by atoms with Gasteiger partial charge in [-0.15, -0.1) is 6.58 Å². The van der Waals surface area contributed by atoms with E-state index < -0.39 is 0 Å². The minimum Gasteiger partial charge on any atom is -0.356 e. The van der Waals surface area contributed by atoms with E-state index in [1.165, 1.54) is 5.56 Å². The van der Waals surface area contributed by atoms with Crippen molar-refractivity contribution in [1.29, 1.82) is 0 Å². The second-order valence-corrected chi connectivity index (χ2v) is 6.00. The zero-order chi connectivity index (χ0) is 17.5. The predicted molar refractivity (Wildman–Crippen MR) is 101 cm³/mol. The standard InChI is InChI=1S/C21H23N3O/c1-2-16-24-19-11-7-6-10-18(19)23-20(24)14-15-22-21(25)13-12-17-8-4-3-5-9-17/h2-11H,1,12-16H2,(H,22,25). The molecule has 128 valence electrons. The van der Waals surface area contributed by atoms with Crippen LogP contribution in [-0.2, 0) is 24.2 Å². The third-order valence-electron chi connectivity index (χ3n) is 4.20. The summed E-state index contributed by atoms with van der Waals surface area (Å²) >= 11 is 0. The molecular formula is C21H23N3O. The van der Waals surface area contributed by atoms with Crippen molar-refractivity contribution in [2.75, 3.05) is 6.54 Å². The van der Waals surface area contributed by atoms with Crippen molar-refractivity contribution >= 4 is 16.9 Å². The van der Waals surface area contributed by atoms with Gasteiger partial charge < -0.3 is 9.88 Å². The zero-order valence-electron chi connectivity index (χ0n) is 14.3. The Morgan fingerprint density at radius 3 is 2.64 bits per heavy atom. The van der Waals surface area contributed by atoms with Crippen LogP contribution in [0.15, 0.2) is 67.3 Å². The number of nitrogens with one attached hydrogen (secondary N) is 1. The first kappa shape index (κ1) is 17.0. The Kier molecular flexibility index (Phi) is 5.62. The molecule has 0 aliphatic heterocycles. The monoisotopic (exact) mass is 333 g/mol. The van der Waals surface area contributed by atoms with E-state index in [1.807, 2.05) is 54.6 Å². The number of fused-ring (bicyclic) bond motifs is 1. The van der Waals surface area contributed by atoms with Crippen molar-refractivity contribution in [3.63, 3.8) is 0 Å². The van der Waals surface area contributed by atoms with Gasteiger partial charge in [0.15, 0.2) is 0 Å². The normalized spacial score (nSPS) is 10.7. The molecule has 0 bridgehead atoms. The SMILES string of the molecule is C=CCn1c(CCNC(=O)CCc2ccccc2)nc2ccccc21. The number of carbonyl (C=O) groups is 1. The average Bonchev–Trinajstić information content (AvgIpc) is 2.99. The van der Waals surface area contributed by atoms with E-state index in [1.54, 1.807) is 0 Å². The summed E-state index contributed by atoms with van der Waals surface area (Å²) in [6, 6.07) is 18.1. The van der Waals surface area contributed by atoms with E-state index in [4.69, 9.17) is 0 Å². The fraction of sp³-hybridized carbons (Fsp3) is 0.238. The third-order valence-corrected chi connectivity index (χ3v) is 4.20. The highest BCUT2D eigenvalue weighted by molar-refractivity contribution is 5.77. The summed E-state index contributed by atoms with van der Waals surface area (Å²) < 4.78 is 2.15. The Balaban J connectivity index is 1.55. The molecule has 3 aromatic rings. The number of aromatic nitrogens is 2. The Labute approximate surface area is 148 Å². The first-order valence-corrected chi connectivity index (χ1v) is 8.63.